The second kappa shape index (κ2) is 5.18. The molecule has 0 saturated carbocycles. The van der Waals surface area contributed by atoms with Crippen LogP contribution in [0.5, 0.6) is 0 Å². The van der Waals surface area contributed by atoms with Crippen LogP contribution in [0.4, 0.5) is 5.69 Å². The highest BCUT2D eigenvalue weighted by molar-refractivity contribution is 9.10. The number of nitrogens with zero attached hydrogens (tertiary/aromatic N) is 1. The van der Waals surface area contributed by atoms with Crippen LogP contribution in [0.2, 0.25) is 0 Å². The van der Waals surface area contributed by atoms with Gasteiger partial charge in [-0.15, -0.1) is 0 Å². The molecule has 1 saturated heterocycles. The van der Waals surface area contributed by atoms with Gasteiger partial charge in [0, 0.05) is 39.9 Å². The maximum atomic E-state index is 11.3. The van der Waals surface area contributed by atoms with Gasteiger partial charge >= 0.3 is 5.97 Å². The number of aromatic carboxylic acids is 1. The van der Waals surface area contributed by atoms with E-state index in [1.165, 1.54) is 0 Å². The monoisotopic (exact) mass is 317 g/mol. The van der Waals surface area contributed by atoms with E-state index < -0.39 is 16.8 Å². The third-order valence-electron chi connectivity index (χ3n) is 2.71. The van der Waals surface area contributed by atoms with E-state index in [-0.39, 0.29) is 5.56 Å². The van der Waals surface area contributed by atoms with Crippen molar-refractivity contribution in [3.63, 3.8) is 0 Å². The Bertz CT molecular complexity index is 468. The van der Waals surface area contributed by atoms with E-state index in [0.717, 1.165) is 23.2 Å². The lowest BCUT2D eigenvalue weighted by Gasteiger charge is -2.29. The lowest BCUT2D eigenvalue weighted by atomic mass is 10.2. The molecule has 0 aliphatic carbocycles. The zero-order valence-electron chi connectivity index (χ0n) is 9.06. The summed E-state index contributed by atoms with van der Waals surface area (Å²) in [6.07, 6.45) is 0. The summed E-state index contributed by atoms with van der Waals surface area (Å²) in [4.78, 5) is 12.9. The Kier molecular flexibility index (Phi) is 3.83. The number of anilines is 1. The third kappa shape index (κ3) is 2.87. The molecule has 1 aliphatic rings. The van der Waals surface area contributed by atoms with Gasteiger partial charge in [0.15, 0.2) is 0 Å². The van der Waals surface area contributed by atoms with E-state index >= 15 is 0 Å². The fourth-order valence-corrected chi connectivity index (χ4v) is 3.46. The summed E-state index contributed by atoms with van der Waals surface area (Å²) in [6, 6.07) is 4.99. The largest absolute Gasteiger partial charge is 0.478 e. The molecule has 17 heavy (non-hydrogen) atoms. The fourth-order valence-electron chi connectivity index (χ4n) is 1.78. The van der Waals surface area contributed by atoms with Gasteiger partial charge in [-0.2, -0.15) is 0 Å². The van der Waals surface area contributed by atoms with Crippen molar-refractivity contribution in [3.05, 3.63) is 28.2 Å². The molecule has 6 heteroatoms. The Morgan fingerprint density at radius 1 is 1.35 bits per heavy atom. The van der Waals surface area contributed by atoms with Crippen LogP contribution in [0.3, 0.4) is 0 Å². The topological polar surface area (TPSA) is 57.6 Å². The molecule has 0 unspecified atom stereocenters. The average molecular weight is 318 g/mol. The van der Waals surface area contributed by atoms with Gasteiger partial charge in [-0.05, 0) is 34.1 Å². The SMILES string of the molecule is O=C(O)c1ccc(N2CCS(=O)CC2)c(Br)c1. The molecule has 1 fully saturated rings. The quantitative estimate of drug-likeness (QED) is 0.902. The van der Waals surface area contributed by atoms with E-state index in [0.29, 0.717) is 11.5 Å². The van der Waals surface area contributed by atoms with Crippen molar-refractivity contribution in [2.75, 3.05) is 29.5 Å². The minimum atomic E-state index is -0.933. The summed E-state index contributed by atoms with van der Waals surface area (Å²) in [5.74, 6) is 0.414. The molecule has 92 valence electrons. The highest BCUT2D eigenvalue weighted by Gasteiger charge is 2.18. The zero-order valence-corrected chi connectivity index (χ0v) is 11.5. The number of carboxylic acid groups (broad SMARTS) is 1. The van der Waals surface area contributed by atoms with Crippen molar-refractivity contribution in [2.45, 2.75) is 0 Å². The van der Waals surface area contributed by atoms with E-state index in [2.05, 4.69) is 20.8 Å². The molecule has 1 aliphatic heterocycles. The number of hydrogen-bond acceptors (Lipinski definition) is 3. The smallest absolute Gasteiger partial charge is 0.335 e. The summed E-state index contributed by atoms with van der Waals surface area (Å²) in [5.41, 5.74) is 1.23. The molecule has 0 amide bonds. The zero-order chi connectivity index (χ0) is 12.4. The van der Waals surface area contributed by atoms with Crippen molar-refractivity contribution >= 4 is 38.4 Å². The Hall–Kier alpha value is -0.880. The van der Waals surface area contributed by atoms with E-state index in [1.54, 1.807) is 18.2 Å². The van der Waals surface area contributed by atoms with Gasteiger partial charge in [0.25, 0.3) is 0 Å². The van der Waals surface area contributed by atoms with Crippen molar-refractivity contribution in [3.8, 4) is 0 Å². The first-order chi connectivity index (χ1) is 8.08. The Labute approximate surface area is 110 Å². The highest BCUT2D eigenvalue weighted by atomic mass is 79.9. The number of benzene rings is 1. The number of halogens is 1. The maximum Gasteiger partial charge on any atom is 0.335 e. The van der Waals surface area contributed by atoms with Crippen LogP contribution in [-0.2, 0) is 10.8 Å². The maximum absolute atomic E-state index is 11.3. The minimum absolute atomic E-state index is 0.265. The molecule has 4 nitrogen and oxygen atoms in total. The van der Waals surface area contributed by atoms with E-state index in [9.17, 15) is 9.00 Å². The van der Waals surface area contributed by atoms with Gasteiger partial charge in [0.1, 0.15) is 0 Å². The first-order valence-corrected chi connectivity index (χ1v) is 7.49. The molecular weight excluding hydrogens is 306 g/mol. The summed E-state index contributed by atoms with van der Waals surface area (Å²) in [7, 11) is -0.704. The minimum Gasteiger partial charge on any atom is -0.478 e. The lowest BCUT2D eigenvalue weighted by Crippen LogP contribution is -2.37. The van der Waals surface area contributed by atoms with Crippen molar-refractivity contribution in [2.24, 2.45) is 0 Å². The van der Waals surface area contributed by atoms with Crippen molar-refractivity contribution in [1.82, 2.24) is 0 Å². The Morgan fingerprint density at radius 3 is 2.53 bits per heavy atom. The number of carbonyl (C=O) groups is 1. The van der Waals surface area contributed by atoms with Crippen molar-refractivity contribution in [1.29, 1.82) is 0 Å². The van der Waals surface area contributed by atoms with Gasteiger partial charge < -0.3 is 10.0 Å². The third-order valence-corrected chi connectivity index (χ3v) is 4.62. The summed E-state index contributed by atoms with van der Waals surface area (Å²) >= 11 is 3.39. The fraction of sp³-hybridized carbons (Fsp3) is 0.364. The summed E-state index contributed by atoms with van der Waals surface area (Å²) < 4.78 is 12.0. The van der Waals surface area contributed by atoms with Crippen LogP contribution in [0, 0.1) is 0 Å². The van der Waals surface area contributed by atoms with Gasteiger partial charge in [-0.25, -0.2) is 4.79 Å². The molecule has 0 bridgehead atoms. The second-order valence-electron chi connectivity index (χ2n) is 3.81. The van der Waals surface area contributed by atoms with E-state index in [1.807, 2.05) is 0 Å². The van der Waals surface area contributed by atoms with Crippen LogP contribution in [-0.4, -0.2) is 39.9 Å². The first-order valence-electron chi connectivity index (χ1n) is 5.20. The van der Waals surface area contributed by atoms with Crippen LogP contribution < -0.4 is 4.90 Å². The first kappa shape index (κ1) is 12.6. The standard InChI is InChI=1S/C11H12BrNO3S/c12-9-7-8(11(14)15)1-2-10(9)13-3-5-17(16)6-4-13/h1-2,7H,3-6H2,(H,14,15). The second-order valence-corrected chi connectivity index (χ2v) is 6.36. The molecule has 2 rings (SSSR count). The lowest BCUT2D eigenvalue weighted by molar-refractivity contribution is 0.0697. The highest BCUT2D eigenvalue weighted by Crippen LogP contribution is 2.28. The molecule has 0 spiro atoms. The van der Waals surface area contributed by atoms with Gasteiger partial charge in [0.2, 0.25) is 0 Å². The molecule has 1 heterocycles. The molecule has 0 aromatic heterocycles. The molecular formula is C11H12BrNO3S. The summed E-state index contributed by atoms with van der Waals surface area (Å²) in [6.45, 7) is 1.50. The Morgan fingerprint density at radius 2 is 2.00 bits per heavy atom. The average Bonchev–Trinajstić information content (AvgIpc) is 2.30. The number of hydrogen-bond donors (Lipinski definition) is 1. The van der Waals surface area contributed by atoms with Gasteiger partial charge in [-0.1, -0.05) is 0 Å². The van der Waals surface area contributed by atoms with Gasteiger partial charge in [0.05, 0.1) is 11.3 Å². The molecule has 1 aromatic rings. The van der Waals surface area contributed by atoms with Crippen LogP contribution in [0.25, 0.3) is 0 Å². The van der Waals surface area contributed by atoms with E-state index in [4.69, 9.17) is 5.11 Å². The summed E-state index contributed by atoms with van der Waals surface area (Å²) in [5, 5.41) is 8.87. The van der Waals surface area contributed by atoms with Crippen LogP contribution in [0.1, 0.15) is 10.4 Å². The van der Waals surface area contributed by atoms with Crippen LogP contribution >= 0.6 is 15.9 Å². The van der Waals surface area contributed by atoms with Gasteiger partial charge in [-0.3, -0.25) is 4.21 Å². The molecule has 1 aromatic carbocycles. The van der Waals surface area contributed by atoms with Crippen molar-refractivity contribution < 1.29 is 14.1 Å². The predicted molar refractivity (Wildman–Crippen MR) is 71.2 cm³/mol. The van der Waals surface area contributed by atoms with Crippen LogP contribution in [0.15, 0.2) is 22.7 Å². The Balaban J connectivity index is 2.21. The molecule has 0 atom stereocenters. The molecule has 1 N–H and O–H groups in total. The molecule has 0 radical (unpaired) electrons. The number of rotatable bonds is 2. The normalized spacial score (nSPS) is 17.1. The number of carboxylic acids is 1. The predicted octanol–water partition coefficient (Wildman–Crippen LogP) is 1.72.